The van der Waals surface area contributed by atoms with Crippen molar-refractivity contribution in [2.24, 2.45) is 0 Å². The molecule has 0 radical (unpaired) electrons. The van der Waals surface area contributed by atoms with Crippen LogP contribution in [-0.2, 0) is 10.9 Å². The van der Waals surface area contributed by atoms with Crippen LogP contribution in [0.1, 0.15) is 53.7 Å². The van der Waals surface area contributed by atoms with Gasteiger partial charge >= 0.3 is 6.18 Å². The minimum absolute atomic E-state index is 0.0349. The number of nitrogens with one attached hydrogen (secondary N) is 1. The average Bonchev–Trinajstić information content (AvgIpc) is 3.42. The monoisotopic (exact) mass is 545 g/mol. The number of pyridine rings is 1. The van der Waals surface area contributed by atoms with Crippen molar-refractivity contribution in [1.82, 2.24) is 29.5 Å². The van der Waals surface area contributed by atoms with Crippen LogP contribution < -0.4 is 10.1 Å². The van der Waals surface area contributed by atoms with Crippen LogP contribution in [0, 0.1) is 13.8 Å². The first kappa shape index (κ1) is 25.0. The highest BCUT2D eigenvalue weighted by Gasteiger charge is 2.38. The molecule has 4 aromatic heterocycles. The molecule has 9 nitrogen and oxygen atoms in total. The molecule has 38 heavy (non-hydrogen) atoms. The number of rotatable bonds is 6. The Labute approximate surface area is 220 Å². The molecular formula is C25H26F3N7O2S. The van der Waals surface area contributed by atoms with Crippen molar-refractivity contribution in [3.8, 4) is 16.3 Å². The number of ether oxygens (including phenoxy) is 2. The van der Waals surface area contributed by atoms with Gasteiger partial charge in [-0.1, -0.05) is 6.42 Å². The highest BCUT2D eigenvalue weighted by atomic mass is 32.1. The Morgan fingerprint density at radius 1 is 1.13 bits per heavy atom. The molecule has 0 aromatic carbocycles. The van der Waals surface area contributed by atoms with Gasteiger partial charge in [0.15, 0.2) is 5.65 Å². The summed E-state index contributed by atoms with van der Waals surface area (Å²) in [5.74, 6) is 0.631. The first-order valence-corrected chi connectivity index (χ1v) is 13.3. The minimum atomic E-state index is -4.61. The van der Waals surface area contributed by atoms with Crippen LogP contribution in [0.5, 0.6) is 5.88 Å². The SMILES string of the molecule is Cc1nc(C)c(-c2ccc3nnc([C@H]4CCC[C@@H](Nc5ncc(C(F)(F)F)c(OC6COC6)n5)C4)n3c2)s1. The molecule has 5 heterocycles. The predicted octanol–water partition coefficient (Wildman–Crippen LogP) is 5.19. The zero-order valence-corrected chi connectivity index (χ0v) is 21.6. The van der Waals surface area contributed by atoms with Crippen molar-refractivity contribution in [1.29, 1.82) is 0 Å². The van der Waals surface area contributed by atoms with Crippen LogP contribution in [0.3, 0.4) is 0 Å². The molecule has 13 heteroatoms. The topological polar surface area (TPSA) is 99.4 Å². The second kappa shape index (κ2) is 9.77. The van der Waals surface area contributed by atoms with E-state index in [0.29, 0.717) is 0 Å². The lowest BCUT2D eigenvalue weighted by Gasteiger charge is -2.30. The van der Waals surface area contributed by atoms with Crippen LogP contribution >= 0.6 is 11.3 Å². The van der Waals surface area contributed by atoms with Gasteiger partial charge in [0, 0.05) is 29.9 Å². The van der Waals surface area contributed by atoms with E-state index in [-0.39, 0.29) is 31.1 Å². The molecule has 4 aromatic rings. The van der Waals surface area contributed by atoms with Gasteiger partial charge in [0.1, 0.15) is 17.5 Å². The van der Waals surface area contributed by atoms with Crippen molar-refractivity contribution in [2.45, 2.75) is 63.8 Å². The highest BCUT2D eigenvalue weighted by Crippen LogP contribution is 2.38. The van der Waals surface area contributed by atoms with E-state index in [1.54, 1.807) is 11.3 Å². The maximum Gasteiger partial charge on any atom is 0.423 e. The normalized spacial score (nSPS) is 20.4. The summed E-state index contributed by atoms with van der Waals surface area (Å²) in [6, 6.07) is 3.97. The predicted molar refractivity (Wildman–Crippen MR) is 134 cm³/mol. The number of anilines is 1. The second-order valence-electron chi connectivity index (χ2n) is 9.74. The van der Waals surface area contributed by atoms with Gasteiger partial charge in [-0.05, 0) is 45.2 Å². The molecule has 0 amide bonds. The van der Waals surface area contributed by atoms with Gasteiger partial charge in [0.2, 0.25) is 11.8 Å². The van der Waals surface area contributed by atoms with Crippen molar-refractivity contribution in [3.63, 3.8) is 0 Å². The summed E-state index contributed by atoms with van der Waals surface area (Å²) in [5.41, 5.74) is 1.84. The number of nitrogens with zero attached hydrogens (tertiary/aromatic N) is 6. The third-order valence-electron chi connectivity index (χ3n) is 6.91. The Bertz CT molecular complexity index is 1470. The number of alkyl halides is 3. The standard InChI is InChI=1S/C25H26F3N7O2S/c1-13-21(38-14(2)30-13)16-6-7-20-33-34-22(35(20)10-16)15-4-3-5-17(8-15)31-24-29-9-19(25(26,27)28)23(32-24)37-18-11-36-12-18/h6-7,9-10,15,17-18H,3-5,8,11-12H2,1-2H3,(H,29,31,32)/t15-,17+/m0/s1. The maximum atomic E-state index is 13.5. The Morgan fingerprint density at radius 3 is 2.68 bits per heavy atom. The van der Waals surface area contributed by atoms with Gasteiger partial charge in [-0.3, -0.25) is 4.40 Å². The zero-order chi connectivity index (χ0) is 26.4. The molecule has 1 saturated carbocycles. The molecule has 200 valence electrons. The van der Waals surface area contributed by atoms with Gasteiger partial charge < -0.3 is 14.8 Å². The molecule has 0 unspecified atom stereocenters. The summed E-state index contributed by atoms with van der Waals surface area (Å²) < 4.78 is 53.0. The van der Waals surface area contributed by atoms with E-state index in [1.807, 2.05) is 30.4 Å². The number of thiazole rings is 1. The van der Waals surface area contributed by atoms with E-state index in [4.69, 9.17) is 9.47 Å². The lowest BCUT2D eigenvalue weighted by atomic mass is 9.85. The number of fused-ring (bicyclic) bond motifs is 1. The summed E-state index contributed by atoms with van der Waals surface area (Å²) in [6.45, 7) is 4.48. The maximum absolute atomic E-state index is 13.5. The number of aryl methyl sites for hydroxylation is 2. The van der Waals surface area contributed by atoms with E-state index in [2.05, 4.69) is 36.7 Å². The van der Waals surface area contributed by atoms with E-state index < -0.39 is 23.7 Å². The summed E-state index contributed by atoms with van der Waals surface area (Å²) in [7, 11) is 0. The van der Waals surface area contributed by atoms with Gasteiger partial charge in [0.05, 0.1) is 28.8 Å². The Kier molecular flexibility index (Phi) is 6.42. The number of aromatic nitrogens is 6. The molecule has 1 N–H and O–H groups in total. The molecule has 1 aliphatic carbocycles. The smallest absolute Gasteiger partial charge is 0.423 e. The first-order valence-electron chi connectivity index (χ1n) is 12.5. The minimum Gasteiger partial charge on any atom is -0.469 e. The molecule has 6 rings (SSSR count). The molecule has 2 aliphatic rings. The highest BCUT2D eigenvalue weighted by molar-refractivity contribution is 7.15. The molecule has 2 fully saturated rings. The van der Waals surface area contributed by atoms with Crippen molar-refractivity contribution in [2.75, 3.05) is 18.5 Å². The van der Waals surface area contributed by atoms with Crippen LogP contribution in [0.25, 0.3) is 16.1 Å². The lowest BCUT2D eigenvalue weighted by Crippen LogP contribution is -2.39. The van der Waals surface area contributed by atoms with Crippen molar-refractivity contribution >= 4 is 22.9 Å². The van der Waals surface area contributed by atoms with Gasteiger partial charge in [0.25, 0.3) is 0 Å². The fraction of sp³-hybridized carbons (Fsp3) is 0.480. The number of halogens is 3. The van der Waals surface area contributed by atoms with Crippen LogP contribution in [0.2, 0.25) is 0 Å². The van der Waals surface area contributed by atoms with E-state index in [1.165, 1.54) is 0 Å². The third kappa shape index (κ3) is 4.92. The fourth-order valence-corrected chi connectivity index (χ4v) is 5.93. The molecule has 0 spiro atoms. The quantitative estimate of drug-likeness (QED) is 0.353. The van der Waals surface area contributed by atoms with Crippen molar-refractivity contribution in [3.05, 3.63) is 46.6 Å². The molecular weight excluding hydrogens is 519 g/mol. The third-order valence-corrected chi connectivity index (χ3v) is 8.03. The largest absolute Gasteiger partial charge is 0.469 e. The lowest BCUT2D eigenvalue weighted by molar-refractivity contribution is -0.142. The average molecular weight is 546 g/mol. The number of hydrogen-bond donors (Lipinski definition) is 1. The summed E-state index contributed by atoms with van der Waals surface area (Å²) in [4.78, 5) is 13.7. The molecule has 1 aliphatic heterocycles. The fourth-order valence-electron chi connectivity index (χ4n) is 5.02. The van der Waals surface area contributed by atoms with Crippen LogP contribution in [-0.4, -0.2) is 54.9 Å². The Hall–Kier alpha value is -3.32. The second-order valence-corrected chi connectivity index (χ2v) is 10.9. The van der Waals surface area contributed by atoms with E-state index in [0.717, 1.165) is 64.5 Å². The summed E-state index contributed by atoms with van der Waals surface area (Å²) >= 11 is 1.66. The summed E-state index contributed by atoms with van der Waals surface area (Å²) in [5, 5.41) is 13.1. The Morgan fingerprint density at radius 2 is 1.97 bits per heavy atom. The van der Waals surface area contributed by atoms with Gasteiger partial charge in [-0.15, -0.1) is 21.5 Å². The zero-order valence-electron chi connectivity index (χ0n) is 20.8. The first-order chi connectivity index (χ1) is 18.2. The summed E-state index contributed by atoms with van der Waals surface area (Å²) in [6.07, 6.45) is 1.21. The molecule has 0 bridgehead atoms. The molecule has 1 saturated heterocycles. The van der Waals surface area contributed by atoms with Gasteiger partial charge in [-0.25, -0.2) is 9.97 Å². The van der Waals surface area contributed by atoms with Gasteiger partial charge in [-0.2, -0.15) is 18.2 Å². The Balaban J connectivity index is 1.22. The van der Waals surface area contributed by atoms with Crippen molar-refractivity contribution < 1.29 is 22.6 Å². The molecule has 2 atom stereocenters. The van der Waals surface area contributed by atoms with E-state index >= 15 is 0 Å². The van der Waals surface area contributed by atoms with E-state index in [9.17, 15) is 13.2 Å². The number of hydrogen-bond acceptors (Lipinski definition) is 9. The van der Waals surface area contributed by atoms with Crippen LogP contribution in [0.15, 0.2) is 24.5 Å². The van der Waals surface area contributed by atoms with Crippen LogP contribution in [0.4, 0.5) is 19.1 Å².